The summed E-state index contributed by atoms with van der Waals surface area (Å²) in [6.07, 6.45) is 19.1. The van der Waals surface area contributed by atoms with Crippen LogP contribution in [0.5, 0.6) is 0 Å². The Bertz CT molecular complexity index is 709. The summed E-state index contributed by atoms with van der Waals surface area (Å²) in [6.45, 7) is 4.32. The summed E-state index contributed by atoms with van der Waals surface area (Å²) >= 11 is 0. The molecule has 146 valence electrons. The van der Waals surface area contributed by atoms with Crippen LogP contribution in [0.3, 0.4) is 0 Å². The van der Waals surface area contributed by atoms with Crippen LogP contribution >= 0.6 is 0 Å². The molecule has 0 radical (unpaired) electrons. The number of hydrogen-bond donors (Lipinski definition) is 0. The average molecular weight is 373 g/mol. The molecule has 0 aliphatic carbocycles. The summed E-state index contributed by atoms with van der Waals surface area (Å²) in [5.41, 5.74) is 4.85. The molecule has 0 aliphatic heterocycles. The fraction of sp³-hybridized carbons (Fsp3) is 0.308. The summed E-state index contributed by atoms with van der Waals surface area (Å²) in [4.78, 5) is 0. The van der Waals surface area contributed by atoms with Gasteiger partial charge in [-0.3, -0.25) is 0 Å². The minimum Gasteiger partial charge on any atom is -0.159 e. The van der Waals surface area contributed by atoms with Crippen molar-refractivity contribution in [1.82, 2.24) is 0 Å². The van der Waals surface area contributed by atoms with Gasteiger partial charge in [0.25, 0.3) is 0 Å². The van der Waals surface area contributed by atoms with E-state index >= 15 is 0 Å². The van der Waals surface area contributed by atoms with Gasteiger partial charge in [-0.25, -0.2) is 0 Å². The Morgan fingerprint density at radius 3 is 1.32 bits per heavy atom. The van der Waals surface area contributed by atoms with E-state index in [2.05, 4.69) is 96.9 Å². The number of aryl methyl sites for hydroxylation is 2. The lowest BCUT2D eigenvalue weighted by Crippen LogP contribution is -1.87. The fourth-order valence-electron chi connectivity index (χ4n) is 2.81. The van der Waals surface area contributed by atoms with Gasteiger partial charge in [0, 0.05) is 0 Å². The summed E-state index contributed by atoms with van der Waals surface area (Å²) in [7, 11) is 0. The molecule has 0 saturated carbocycles. The zero-order valence-electron chi connectivity index (χ0n) is 17.2. The van der Waals surface area contributed by atoms with Gasteiger partial charge in [-0.15, -0.1) is 0 Å². The van der Waals surface area contributed by atoms with Crippen molar-refractivity contribution in [2.45, 2.75) is 52.4 Å². The van der Waals surface area contributed by atoms with Gasteiger partial charge in [0.2, 0.25) is 0 Å². The van der Waals surface area contributed by atoms with Gasteiger partial charge in [0.15, 0.2) is 0 Å². The molecule has 0 bridgehead atoms. The molecule has 0 heterocycles. The predicted octanol–water partition coefficient (Wildman–Crippen LogP) is 6.94. The zero-order chi connectivity index (χ0) is 19.9. The smallest absolute Gasteiger partial charge is 0.0568 e. The molecule has 0 aromatic heterocycles. The summed E-state index contributed by atoms with van der Waals surface area (Å²) in [5, 5.41) is 8.34. The van der Waals surface area contributed by atoms with Crippen molar-refractivity contribution in [3.8, 4) is 0 Å². The zero-order valence-corrected chi connectivity index (χ0v) is 17.2. The van der Waals surface area contributed by atoms with Crippen molar-refractivity contribution in [2.24, 2.45) is 10.2 Å². The van der Waals surface area contributed by atoms with E-state index in [9.17, 15) is 0 Å². The number of rotatable bonds is 11. The van der Waals surface area contributed by atoms with Crippen LogP contribution in [-0.2, 0) is 12.8 Å². The topological polar surface area (TPSA) is 24.7 Å². The van der Waals surface area contributed by atoms with Crippen molar-refractivity contribution in [1.29, 1.82) is 0 Å². The first-order valence-corrected chi connectivity index (χ1v) is 10.4. The maximum absolute atomic E-state index is 4.17. The molecule has 0 aliphatic rings. The summed E-state index contributed by atoms with van der Waals surface area (Å²) < 4.78 is 0. The molecule has 0 saturated heterocycles. The molecular weight excluding hydrogens is 340 g/mol. The van der Waals surface area contributed by atoms with E-state index in [0.717, 1.165) is 49.7 Å². The summed E-state index contributed by atoms with van der Waals surface area (Å²) in [5.74, 6) is 0. The van der Waals surface area contributed by atoms with Crippen molar-refractivity contribution in [3.05, 3.63) is 95.1 Å². The van der Waals surface area contributed by atoms with Crippen molar-refractivity contribution >= 4 is 12.4 Å². The average Bonchev–Trinajstić information content (AvgIpc) is 2.74. The lowest BCUT2D eigenvalue weighted by atomic mass is 10.1. The second-order valence-electron chi connectivity index (χ2n) is 6.81. The lowest BCUT2D eigenvalue weighted by Gasteiger charge is -1.99. The van der Waals surface area contributed by atoms with Gasteiger partial charge in [-0.2, -0.15) is 10.2 Å². The quantitative estimate of drug-likeness (QED) is 0.232. The molecule has 2 aromatic rings. The largest absolute Gasteiger partial charge is 0.159 e. The lowest BCUT2D eigenvalue weighted by molar-refractivity contribution is 0.992. The van der Waals surface area contributed by atoms with E-state index in [1.807, 2.05) is 0 Å². The van der Waals surface area contributed by atoms with Gasteiger partial charge in [0.05, 0.1) is 12.4 Å². The van der Waals surface area contributed by atoms with Gasteiger partial charge >= 0.3 is 0 Å². The van der Waals surface area contributed by atoms with E-state index in [0.29, 0.717) is 0 Å². The van der Waals surface area contributed by atoms with Crippen LogP contribution in [0.2, 0.25) is 0 Å². The Morgan fingerprint density at radius 2 is 0.964 bits per heavy atom. The number of nitrogens with zero attached hydrogens (tertiary/aromatic N) is 2. The Kier molecular flexibility index (Phi) is 10.3. The van der Waals surface area contributed by atoms with E-state index in [1.165, 1.54) is 11.1 Å². The molecule has 2 aromatic carbocycles. The molecule has 0 spiro atoms. The molecule has 0 fully saturated rings. The van der Waals surface area contributed by atoms with Crippen molar-refractivity contribution in [2.75, 3.05) is 0 Å². The van der Waals surface area contributed by atoms with Crippen molar-refractivity contribution in [3.63, 3.8) is 0 Å². The van der Waals surface area contributed by atoms with Gasteiger partial charge in [-0.1, -0.05) is 86.7 Å². The third-order valence-electron chi connectivity index (χ3n) is 4.44. The highest BCUT2D eigenvalue weighted by Crippen LogP contribution is 2.07. The first kappa shape index (κ1) is 21.6. The molecule has 0 amide bonds. The minimum atomic E-state index is 1.07. The third-order valence-corrected chi connectivity index (χ3v) is 4.44. The number of hydrogen-bond acceptors (Lipinski definition) is 2. The van der Waals surface area contributed by atoms with Crippen LogP contribution in [0.4, 0.5) is 0 Å². The highest BCUT2D eigenvalue weighted by atomic mass is 15.2. The van der Waals surface area contributed by atoms with E-state index < -0.39 is 0 Å². The van der Waals surface area contributed by atoms with Gasteiger partial charge < -0.3 is 0 Å². The first-order chi connectivity index (χ1) is 13.8. The molecule has 0 atom stereocenters. The normalized spacial score (nSPS) is 12.2. The van der Waals surface area contributed by atoms with Crippen LogP contribution < -0.4 is 0 Å². The monoisotopic (exact) mass is 372 g/mol. The summed E-state index contributed by atoms with van der Waals surface area (Å²) in [6, 6.07) is 17.1. The van der Waals surface area contributed by atoms with Gasteiger partial charge in [0.1, 0.15) is 0 Å². The first-order valence-electron chi connectivity index (χ1n) is 10.4. The standard InChI is InChI=1S/C26H32N2/c1-3-5-7-9-11-23-13-17-25(18-14-23)21-27-28-22-26-19-15-24(16-20-26)12-10-8-6-4-2/h5-8,13-22H,3-4,9-12H2,1-2H3/b7-5+,8-6+,27-21?,28-22?. The Labute approximate surface area is 170 Å². The highest BCUT2D eigenvalue weighted by molar-refractivity contribution is 5.82. The minimum absolute atomic E-state index is 1.07. The molecule has 28 heavy (non-hydrogen) atoms. The van der Waals surface area contributed by atoms with E-state index in [-0.39, 0.29) is 0 Å². The SMILES string of the molecule is CC/C=C/CCc1ccc(C=NN=Cc2ccc(CC/C=C/CC)cc2)cc1. The molecule has 2 nitrogen and oxygen atoms in total. The van der Waals surface area contributed by atoms with Crippen LogP contribution in [0.1, 0.15) is 61.8 Å². The Hall–Kier alpha value is -2.74. The van der Waals surface area contributed by atoms with E-state index in [4.69, 9.17) is 0 Å². The highest BCUT2D eigenvalue weighted by Gasteiger charge is 1.93. The fourth-order valence-corrected chi connectivity index (χ4v) is 2.81. The second kappa shape index (κ2) is 13.4. The Balaban J connectivity index is 1.79. The van der Waals surface area contributed by atoms with Crippen LogP contribution in [0, 0.1) is 0 Å². The number of allylic oxidation sites excluding steroid dienone is 4. The Morgan fingerprint density at radius 1 is 0.571 bits per heavy atom. The third kappa shape index (κ3) is 8.77. The van der Waals surface area contributed by atoms with Crippen molar-refractivity contribution < 1.29 is 0 Å². The van der Waals surface area contributed by atoms with Crippen LogP contribution in [-0.4, -0.2) is 12.4 Å². The molecule has 0 unspecified atom stereocenters. The number of benzene rings is 2. The maximum Gasteiger partial charge on any atom is 0.0568 e. The van der Waals surface area contributed by atoms with Gasteiger partial charge in [-0.05, 0) is 60.8 Å². The van der Waals surface area contributed by atoms with Crippen LogP contribution in [0.25, 0.3) is 0 Å². The van der Waals surface area contributed by atoms with E-state index in [1.54, 1.807) is 12.4 Å². The molecular formula is C26H32N2. The van der Waals surface area contributed by atoms with Crippen LogP contribution in [0.15, 0.2) is 83.0 Å². The molecule has 2 rings (SSSR count). The molecule has 2 heteroatoms. The second-order valence-corrected chi connectivity index (χ2v) is 6.81. The molecule has 0 N–H and O–H groups in total. The predicted molar refractivity (Wildman–Crippen MR) is 124 cm³/mol. The maximum atomic E-state index is 4.17.